The van der Waals surface area contributed by atoms with E-state index in [9.17, 15) is 18.0 Å². The Morgan fingerprint density at radius 2 is 1.81 bits per heavy atom. The van der Waals surface area contributed by atoms with Crippen molar-refractivity contribution < 1.29 is 18.0 Å². The van der Waals surface area contributed by atoms with Crippen LogP contribution in [0.5, 0.6) is 0 Å². The number of hydrogen-bond donors (Lipinski definition) is 2. The molecule has 2 aromatic carbocycles. The van der Waals surface area contributed by atoms with Crippen molar-refractivity contribution in [2.24, 2.45) is 0 Å². The fourth-order valence-corrected chi connectivity index (χ4v) is 2.35. The Labute approximate surface area is 147 Å². The number of nitrogens with zero attached hydrogens (tertiary/aromatic N) is 2. The molecule has 0 spiro atoms. The van der Waals surface area contributed by atoms with Crippen LogP contribution in [0.25, 0.3) is 5.69 Å². The van der Waals surface area contributed by atoms with Gasteiger partial charge in [0.15, 0.2) is 17.5 Å². The van der Waals surface area contributed by atoms with Gasteiger partial charge in [-0.15, -0.1) is 0 Å². The van der Waals surface area contributed by atoms with Crippen LogP contribution in [0.3, 0.4) is 0 Å². The van der Waals surface area contributed by atoms with Crippen LogP contribution in [-0.4, -0.2) is 22.4 Å². The van der Waals surface area contributed by atoms with Crippen molar-refractivity contribution in [2.45, 2.75) is 6.42 Å². The molecule has 2 amide bonds. The highest BCUT2D eigenvalue weighted by Gasteiger charge is 2.14. The molecule has 3 aromatic rings. The number of hydrogen-bond acceptors (Lipinski definition) is 2. The van der Waals surface area contributed by atoms with Gasteiger partial charge in [0.25, 0.3) is 0 Å². The van der Waals surface area contributed by atoms with Gasteiger partial charge in [0.1, 0.15) is 0 Å². The summed E-state index contributed by atoms with van der Waals surface area (Å²) in [5, 5.41) is 8.81. The molecule has 5 nitrogen and oxygen atoms in total. The zero-order valence-corrected chi connectivity index (χ0v) is 13.5. The van der Waals surface area contributed by atoms with Crippen LogP contribution in [0.15, 0.2) is 54.9 Å². The molecule has 8 heteroatoms. The largest absolute Gasteiger partial charge is 0.338 e. The van der Waals surface area contributed by atoms with Crippen molar-refractivity contribution in [1.82, 2.24) is 15.1 Å². The van der Waals surface area contributed by atoms with Crippen molar-refractivity contribution in [2.75, 3.05) is 11.9 Å². The highest BCUT2D eigenvalue weighted by molar-refractivity contribution is 5.89. The lowest BCUT2D eigenvalue weighted by Gasteiger charge is -2.09. The number of anilines is 1. The molecule has 0 saturated heterocycles. The molecule has 3 rings (SSSR count). The van der Waals surface area contributed by atoms with Crippen LogP contribution in [0.1, 0.15) is 5.56 Å². The Hall–Kier alpha value is -3.29. The Morgan fingerprint density at radius 1 is 1.04 bits per heavy atom. The summed E-state index contributed by atoms with van der Waals surface area (Å²) in [5.41, 5.74) is 1.48. The van der Waals surface area contributed by atoms with E-state index in [2.05, 4.69) is 15.7 Å². The maximum absolute atomic E-state index is 13.5. The summed E-state index contributed by atoms with van der Waals surface area (Å²) in [6.45, 7) is 0.290. The molecule has 0 radical (unpaired) electrons. The zero-order valence-electron chi connectivity index (χ0n) is 13.5. The van der Waals surface area contributed by atoms with E-state index in [4.69, 9.17) is 0 Å². The van der Waals surface area contributed by atoms with Gasteiger partial charge in [-0.3, -0.25) is 0 Å². The lowest BCUT2D eigenvalue weighted by Crippen LogP contribution is -2.30. The van der Waals surface area contributed by atoms with E-state index in [1.807, 2.05) is 36.5 Å². The Morgan fingerprint density at radius 3 is 2.50 bits per heavy atom. The van der Waals surface area contributed by atoms with Gasteiger partial charge in [0.05, 0.1) is 11.4 Å². The van der Waals surface area contributed by atoms with Gasteiger partial charge < -0.3 is 10.6 Å². The maximum atomic E-state index is 13.5. The van der Waals surface area contributed by atoms with E-state index in [0.29, 0.717) is 6.42 Å². The van der Waals surface area contributed by atoms with Crippen molar-refractivity contribution in [3.8, 4) is 5.69 Å². The number of rotatable bonds is 5. The van der Waals surface area contributed by atoms with Gasteiger partial charge in [-0.05, 0) is 42.3 Å². The molecule has 0 aliphatic rings. The molecule has 1 aromatic heterocycles. The fourth-order valence-electron chi connectivity index (χ4n) is 2.35. The van der Waals surface area contributed by atoms with Crippen molar-refractivity contribution in [3.63, 3.8) is 0 Å². The number of urea groups is 1. The van der Waals surface area contributed by atoms with E-state index in [1.165, 1.54) is 0 Å². The van der Waals surface area contributed by atoms with Gasteiger partial charge in [0, 0.05) is 18.9 Å². The predicted molar refractivity (Wildman–Crippen MR) is 90.6 cm³/mol. The van der Waals surface area contributed by atoms with E-state index >= 15 is 0 Å². The number of aromatic nitrogens is 2. The fraction of sp³-hybridized carbons (Fsp3) is 0.111. The highest BCUT2D eigenvalue weighted by Crippen LogP contribution is 2.19. The summed E-state index contributed by atoms with van der Waals surface area (Å²) in [7, 11) is 0. The first kappa shape index (κ1) is 17.5. The van der Waals surface area contributed by atoms with E-state index in [0.717, 1.165) is 23.4 Å². The number of halogens is 3. The Bertz CT molecular complexity index is 896. The molecule has 0 unspecified atom stereocenters. The van der Waals surface area contributed by atoms with Gasteiger partial charge in [-0.25, -0.2) is 22.6 Å². The SMILES string of the molecule is O=C(NCCc1ccc(-n2cccn2)cc1)Nc1ccc(F)c(F)c1F. The van der Waals surface area contributed by atoms with Crippen molar-refractivity contribution in [1.29, 1.82) is 0 Å². The molecule has 0 fully saturated rings. The second kappa shape index (κ2) is 7.73. The van der Waals surface area contributed by atoms with Gasteiger partial charge in [0.2, 0.25) is 0 Å². The molecular formula is C18H15F3N4O. The lowest BCUT2D eigenvalue weighted by molar-refractivity contribution is 0.252. The summed E-state index contributed by atoms with van der Waals surface area (Å²) in [4.78, 5) is 11.7. The number of benzene rings is 2. The zero-order chi connectivity index (χ0) is 18.5. The molecule has 2 N–H and O–H groups in total. The standard InChI is InChI=1S/C18H15F3N4O/c19-14-6-7-15(17(21)16(14)20)24-18(26)22-10-8-12-2-4-13(5-3-12)25-11-1-9-23-25/h1-7,9,11H,8,10H2,(H2,22,24,26). The van der Waals surface area contributed by atoms with Crippen LogP contribution < -0.4 is 10.6 Å². The Kier molecular flexibility index (Phi) is 5.21. The highest BCUT2D eigenvalue weighted by atomic mass is 19.2. The van der Waals surface area contributed by atoms with E-state index in [1.54, 1.807) is 10.9 Å². The summed E-state index contributed by atoms with van der Waals surface area (Å²) in [6.07, 6.45) is 4.07. The molecular weight excluding hydrogens is 345 g/mol. The third-order valence-corrected chi connectivity index (χ3v) is 3.69. The molecule has 0 bridgehead atoms. The molecule has 0 aliphatic carbocycles. The van der Waals surface area contributed by atoms with E-state index in [-0.39, 0.29) is 6.54 Å². The number of amides is 2. The molecule has 0 saturated carbocycles. The minimum atomic E-state index is -1.62. The molecule has 26 heavy (non-hydrogen) atoms. The topological polar surface area (TPSA) is 59.0 Å². The quantitative estimate of drug-likeness (QED) is 0.683. The third kappa shape index (κ3) is 4.02. The van der Waals surface area contributed by atoms with Crippen molar-refractivity contribution in [3.05, 3.63) is 77.9 Å². The van der Waals surface area contributed by atoms with Crippen LogP contribution in [0.2, 0.25) is 0 Å². The summed E-state index contributed by atoms with van der Waals surface area (Å²) >= 11 is 0. The first-order valence-electron chi connectivity index (χ1n) is 7.82. The Balaban J connectivity index is 1.50. The number of carbonyl (C=O) groups excluding carboxylic acids is 1. The summed E-state index contributed by atoms with van der Waals surface area (Å²) < 4.78 is 41.2. The smallest absolute Gasteiger partial charge is 0.319 e. The maximum Gasteiger partial charge on any atom is 0.319 e. The predicted octanol–water partition coefficient (Wildman–Crippen LogP) is 3.65. The molecule has 1 heterocycles. The number of carbonyl (C=O) groups is 1. The summed E-state index contributed by atoms with van der Waals surface area (Å²) in [6, 6.07) is 10.4. The normalized spacial score (nSPS) is 10.6. The second-order valence-corrected chi connectivity index (χ2v) is 5.47. The first-order valence-corrected chi connectivity index (χ1v) is 7.82. The molecule has 0 atom stereocenters. The third-order valence-electron chi connectivity index (χ3n) is 3.69. The van der Waals surface area contributed by atoms with Crippen LogP contribution in [0.4, 0.5) is 23.7 Å². The van der Waals surface area contributed by atoms with E-state index < -0.39 is 29.2 Å². The summed E-state index contributed by atoms with van der Waals surface area (Å²) in [5.74, 6) is -4.37. The van der Waals surface area contributed by atoms with Crippen LogP contribution in [0, 0.1) is 17.5 Å². The van der Waals surface area contributed by atoms with Crippen LogP contribution in [-0.2, 0) is 6.42 Å². The van der Waals surface area contributed by atoms with Gasteiger partial charge >= 0.3 is 6.03 Å². The molecule has 134 valence electrons. The first-order chi connectivity index (χ1) is 12.5. The van der Waals surface area contributed by atoms with Crippen molar-refractivity contribution >= 4 is 11.7 Å². The van der Waals surface area contributed by atoms with Crippen LogP contribution >= 0.6 is 0 Å². The monoisotopic (exact) mass is 360 g/mol. The minimum absolute atomic E-state index is 0.290. The second-order valence-electron chi connectivity index (χ2n) is 5.47. The minimum Gasteiger partial charge on any atom is -0.338 e. The lowest BCUT2D eigenvalue weighted by atomic mass is 10.1. The van der Waals surface area contributed by atoms with Gasteiger partial charge in [-0.1, -0.05) is 12.1 Å². The average Bonchev–Trinajstić information content (AvgIpc) is 3.17. The molecule has 0 aliphatic heterocycles. The average molecular weight is 360 g/mol. The van der Waals surface area contributed by atoms with Gasteiger partial charge in [-0.2, -0.15) is 5.10 Å². The number of nitrogens with one attached hydrogen (secondary N) is 2.